The van der Waals surface area contributed by atoms with Gasteiger partial charge in [-0.25, -0.2) is 0 Å². The number of hydrogen-bond acceptors (Lipinski definition) is 5. The Bertz CT molecular complexity index is 758. The number of ether oxygens (including phenoxy) is 2. The van der Waals surface area contributed by atoms with Gasteiger partial charge in [-0.2, -0.15) is 0 Å². The van der Waals surface area contributed by atoms with Gasteiger partial charge in [-0.15, -0.1) is 0 Å². The topological polar surface area (TPSA) is 98.9 Å². The largest absolute Gasteiger partial charge is 0.497 e. The van der Waals surface area contributed by atoms with Crippen molar-refractivity contribution in [1.82, 2.24) is 0 Å². The molecule has 0 saturated carbocycles. The molecule has 0 radical (unpaired) electrons. The maximum Gasteiger partial charge on any atom is 0.311 e. The Balaban J connectivity index is 2.45. The Morgan fingerprint density at radius 2 is 1.92 bits per heavy atom. The van der Waals surface area contributed by atoms with Crippen LogP contribution in [-0.2, 0) is 11.2 Å². The number of carbonyl (C=O) groups is 1. The minimum absolute atomic E-state index is 0.0187. The van der Waals surface area contributed by atoms with E-state index in [9.17, 15) is 20.0 Å². The number of nitro benzene ring substituents is 1. The number of carboxylic acids is 1. The van der Waals surface area contributed by atoms with E-state index in [4.69, 9.17) is 9.47 Å². The summed E-state index contributed by atoms with van der Waals surface area (Å²) in [5.41, 5.74) is 0.688. The van der Waals surface area contributed by atoms with E-state index in [1.54, 1.807) is 36.4 Å². The van der Waals surface area contributed by atoms with Gasteiger partial charge in [-0.05, 0) is 12.5 Å². The molecular weight excluding hydrogens is 314 g/mol. The molecular formula is C17H17NO6. The van der Waals surface area contributed by atoms with E-state index in [1.807, 2.05) is 0 Å². The van der Waals surface area contributed by atoms with Crippen molar-refractivity contribution in [3.8, 4) is 11.5 Å². The van der Waals surface area contributed by atoms with Crippen LogP contribution >= 0.6 is 0 Å². The lowest BCUT2D eigenvalue weighted by Gasteiger charge is -2.17. The molecule has 0 aromatic heterocycles. The molecule has 0 aliphatic heterocycles. The monoisotopic (exact) mass is 331 g/mol. The first-order valence-corrected chi connectivity index (χ1v) is 7.15. The van der Waals surface area contributed by atoms with Gasteiger partial charge in [0.05, 0.1) is 25.1 Å². The lowest BCUT2D eigenvalue weighted by atomic mass is 9.90. The van der Waals surface area contributed by atoms with Gasteiger partial charge in [0.2, 0.25) is 0 Å². The number of carboxylic acid groups (broad SMARTS) is 1. The number of aliphatic carboxylic acids is 1. The fraction of sp³-hybridized carbons (Fsp3) is 0.235. The average molecular weight is 331 g/mol. The average Bonchev–Trinajstić information content (AvgIpc) is 2.59. The summed E-state index contributed by atoms with van der Waals surface area (Å²) in [6.07, 6.45) is -0.0187. The van der Waals surface area contributed by atoms with Crippen molar-refractivity contribution in [2.45, 2.75) is 12.3 Å². The summed E-state index contributed by atoms with van der Waals surface area (Å²) >= 11 is 0. The molecule has 0 bridgehead atoms. The van der Waals surface area contributed by atoms with Gasteiger partial charge in [0.25, 0.3) is 5.69 Å². The van der Waals surface area contributed by atoms with E-state index in [1.165, 1.54) is 20.3 Å². The number of methoxy groups -OCH3 is 2. The Morgan fingerprint density at radius 1 is 1.21 bits per heavy atom. The molecule has 0 aliphatic carbocycles. The van der Waals surface area contributed by atoms with Gasteiger partial charge in [0, 0.05) is 23.3 Å². The van der Waals surface area contributed by atoms with Crippen LogP contribution in [-0.4, -0.2) is 30.2 Å². The summed E-state index contributed by atoms with van der Waals surface area (Å²) in [4.78, 5) is 22.4. The van der Waals surface area contributed by atoms with E-state index in [-0.39, 0.29) is 12.1 Å². The van der Waals surface area contributed by atoms with Crippen molar-refractivity contribution in [3.05, 3.63) is 63.7 Å². The van der Waals surface area contributed by atoms with E-state index in [2.05, 4.69) is 0 Å². The molecule has 7 nitrogen and oxygen atoms in total. The summed E-state index contributed by atoms with van der Waals surface area (Å²) in [5, 5.41) is 20.7. The molecule has 0 fully saturated rings. The summed E-state index contributed by atoms with van der Waals surface area (Å²) in [6.45, 7) is 0. The lowest BCUT2D eigenvalue weighted by Crippen LogP contribution is -2.16. The Labute approximate surface area is 138 Å². The van der Waals surface area contributed by atoms with Crippen molar-refractivity contribution in [1.29, 1.82) is 0 Å². The highest BCUT2D eigenvalue weighted by molar-refractivity contribution is 5.78. The van der Waals surface area contributed by atoms with Crippen molar-refractivity contribution >= 4 is 11.7 Å². The van der Waals surface area contributed by atoms with E-state index in [0.29, 0.717) is 22.6 Å². The van der Waals surface area contributed by atoms with Gasteiger partial charge in [0.15, 0.2) is 0 Å². The Kier molecular flexibility index (Phi) is 5.36. The number of nitrogens with zero attached hydrogens (tertiary/aromatic N) is 1. The third kappa shape index (κ3) is 3.62. The van der Waals surface area contributed by atoms with Gasteiger partial charge < -0.3 is 14.6 Å². The SMILES string of the molecule is COc1ccc(C(Cc2ccccc2[N+](=O)[O-])C(=O)O)c(OC)c1. The number of hydrogen-bond donors (Lipinski definition) is 1. The predicted octanol–water partition coefficient (Wildman–Crippen LogP) is 3.02. The molecule has 2 aromatic rings. The van der Waals surface area contributed by atoms with Crippen LogP contribution in [0.25, 0.3) is 0 Å². The summed E-state index contributed by atoms with van der Waals surface area (Å²) in [6, 6.07) is 10.9. The molecule has 0 amide bonds. The van der Waals surface area contributed by atoms with Crippen LogP contribution in [0.1, 0.15) is 17.0 Å². The molecule has 0 spiro atoms. The van der Waals surface area contributed by atoms with Crippen LogP contribution in [0.2, 0.25) is 0 Å². The van der Waals surface area contributed by atoms with Gasteiger partial charge in [-0.3, -0.25) is 14.9 Å². The van der Waals surface area contributed by atoms with Gasteiger partial charge in [-0.1, -0.05) is 24.3 Å². The fourth-order valence-electron chi connectivity index (χ4n) is 2.52. The first-order chi connectivity index (χ1) is 11.5. The number of para-hydroxylation sites is 1. The molecule has 2 aromatic carbocycles. The van der Waals surface area contributed by atoms with Crippen LogP contribution in [0, 0.1) is 10.1 Å². The number of benzene rings is 2. The third-order valence-corrected chi connectivity index (χ3v) is 3.73. The highest BCUT2D eigenvalue weighted by atomic mass is 16.6. The molecule has 0 saturated heterocycles. The van der Waals surface area contributed by atoms with Crippen LogP contribution in [0.4, 0.5) is 5.69 Å². The van der Waals surface area contributed by atoms with Gasteiger partial charge >= 0.3 is 5.97 Å². The zero-order valence-corrected chi connectivity index (χ0v) is 13.3. The zero-order chi connectivity index (χ0) is 17.7. The van der Waals surface area contributed by atoms with E-state index >= 15 is 0 Å². The van der Waals surface area contributed by atoms with Crippen molar-refractivity contribution in [2.75, 3.05) is 14.2 Å². The van der Waals surface area contributed by atoms with E-state index < -0.39 is 16.8 Å². The van der Waals surface area contributed by atoms with Crippen molar-refractivity contribution < 1.29 is 24.3 Å². The molecule has 0 heterocycles. The Morgan fingerprint density at radius 3 is 2.50 bits per heavy atom. The smallest absolute Gasteiger partial charge is 0.311 e. The lowest BCUT2D eigenvalue weighted by molar-refractivity contribution is -0.385. The Hall–Kier alpha value is -3.09. The fourth-order valence-corrected chi connectivity index (χ4v) is 2.52. The molecule has 0 aliphatic rings. The molecule has 126 valence electrons. The second-order valence-corrected chi connectivity index (χ2v) is 5.09. The quantitative estimate of drug-likeness (QED) is 0.618. The normalized spacial score (nSPS) is 11.6. The second kappa shape index (κ2) is 7.45. The molecule has 1 atom stereocenters. The van der Waals surface area contributed by atoms with Crippen molar-refractivity contribution in [2.24, 2.45) is 0 Å². The highest BCUT2D eigenvalue weighted by Crippen LogP contribution is 2.34. The number of rotatable bonds is 7. The summed E-state index contributed by atoms with van der Waals surface area (Å²) in [5.74, 6) is -1.17. The minimum atomic E-state index is -1.09. The zero-order valence-electron chi connectivity index (χ0n) is 13.3. The van der Waals surface area contributed by atoms with Crippen LogP contribution in [0.3, 0.4) is 0 Å². The van der Waals surface area contributed by atoms with Crippen molar-refractivity contribution in [3.63, 3.8) is 0 Å². The second-order valence-electron chi connectivity index (χ2n) is 5.09. The number of nitro groups is 1. The summed E-state index contributed by atoms with van der Waals surface area (Å²) < 4.78 is 10.4. The standard InChI is InChI=1S/C17H17NO6/c1-23-12-7-8-13(16(10-12)24-2)14(17(19)20)9-11-5-3-4-6-15(11)18(21)22/h3-8,10,14H,9H2,1-2H3,(H,19,20). The van der Waals surface area contributed by atoms with Gasteiger partial charge in [0.1, 0.15) is 11.5 Å². The summed E-state index contributed by atoms with van der Waals surface area (Å²) in [7, 11) is 2.93. The maximum atomic E-state index is 11.8. The van der Waals surface area contributed by atoms with Crippen LogP contribution in [0.15, 0.2) is 42.5 Å². The predicted molar refractivity (Wildman–Crippen MR) is 86.7 cm³/mol. The van der Waals surface area contributed by atoms with Crippen LogP contribution in [0.5, 0.6) is 11.5 Å². The molecule has 7 heteroatoms. The first-order valence-electron chi connectivity index (χ1n) is 7.15. The minimum Gasteiger partial charge on any atom is -0.497 e. The highest BCUT2D eigenvalue weighted by Gasteiger charge is 2.27. The molecule has 24 heavy (non-hydrogen) atoms. The van der Waals surface area contributed by atoms with E-state index in [0.717, 1.165) is 0 Å². The molecule has 2 rings (SSSR count). The molecule has 1 unspecified atom stereocenters. The van der Waals surface area contributed by atoms with Crippen LogP contribution < -0.4 is 9.47 Å². The molecule has 1 N–H and O–H groups in total. The first kappa shape index (κ1) is 17.3. The third-order valence-electron chi connectivity index (χ3n) is 3.73. The maximum absolute atomic E-state index is 11.8.